The van der Waals surface area contributed by atoms with E-state index in [2.05, 4.69) is 15.2 Å². The molecule has 4 nitrogen and oxygen atoms in total. The van der Waals surface area contributed by atoms with Crippen LogP contribution in [0.4, 0.5) is 0 Å². The second-order valence-corrected chi connectivity index (χ2v) is 4.86. The number of nitrogens with zero attached hydrogens (tertiary/aromatic N) is 2. The fourth-order valence-corrected chi connectivity index (χ4v) is 2.41. The van der Waals surface area contributed by atoms with Gasteiger partial charge in [-0.05, 0) is 17.0 Å². The van der Waals surface area contributed by atoms with Crippen LogP contribution < -0.4 is 5.73 Å². The maximum Gasteiger partial charge on any atom is 0.191 e. The fourth-order valence-electron chi connectivity index (χ4n) is 1.75. The van der Waals surface area contributed by atoms with Crippen molar-refractivity contribution >= 4 is 11.3 Å². The lowest BCUT2D eigenvalue weighted by Crippen LogP contribution is -2.13. The van der Waals surface area contributed by atoms with Gasteiger partial charge >= 0.3 is 0 Å². The van der Waals surface area contributed by atoms with Crippen LogP contribution in [0.1, 0.15) is 17.4 Å². The van der Waals surface area contributed by atoms with Crippen LogP contribution in [-0.4, -0.2) is 15.2 Å². The van der Waals surface area contributed by atoms with Crippen molar-refractivity contribution in [3.05, 3.63) is 59.2 Å². The van der Waals surface area contributed by atoms with Gasteiger partial charge in [0.1, 0.15) is 5.82 Å². The van der Waals surface area contributed by atoms with Gasteiger partial charge < -0.3 is 5.73 Å². The highest BCUT2D eigenvalue weighted by atomic mass is 32.1. The molecule has 0 unspecified atom stereocenters. The second-order valence-electron chi connectivity index (χ2n) is 3.91. The largest absolute Gasteiger partial charge is 0.318 e. The predicted octanol–water partition coefficient (Wildman–Crippen LogP) is 2.58. The summed E-state index contributed by atoms with van der Waals surface area (Å²) in [7, 11) is 0. The number of nitrogens with two attached hydrogens (primary N) is 1. The van der Waals surface area contributed by atoms with Gasteiger partial charge in [-0.2, -0.15) is 5.10 Å². The molecule has 0 aliphatic carbocycles. The lowest BCUT2D eigenvalue weighted by molar-refractivity contribution is 0.787. The van der Waals surface area contributed by atoms with Crippen LogP contribution in [0.15, 0.2) is 47.8 Å². The highest BCUT2D eigenvalue weighted by molar-refractivity contribution is 7.13. The first-order valence-corrected chi connectivity index (χ1v) is 6.49. The van der Waals surface area contributed by atoms with E-state index in [9.17, 15) is 0 Å². The molecule has 1 atom stereocenters. The molecule has 0 fully saturated rings. The van der Waals surface area contributed by atoms with Gasteiger partial charge in [0.2, 0.25) is 0 Å². The Hall–Kier alpha value is -1.98. The van der Waals surface area contributed by atoms with Gasteiger partial charge in [-0.3, -0.25) is 5.10 Å². The average molecular weight is 256 g/mol. The molecular formula is C13H12N4S. The second kappa shape index (κ2) is 4.72. The minimum atomic E-state index is -0.271. The zero-order chi connectivity index (χ0) is 12.4. The Labute approximate surface area is 109 Å². The van der Waals surface area contributed by atoms with Gasteiger partial charge in [-0.15, -0.1) is 11.3 Å². The Balaban J connectivity index is 1.90. The van der Waals surface area contributed by atoms with Gasteiger partial charge in [0, 0.05) is 0 Å². The van der Waals surface area contributed by atoms with Gasteiger partial charge in [-0.25, -0.2) is 4.98 Å². The first-order valence-electron chi connectivity index (χ1n) is 5.61. The minimum Gasteiger partial charge on any atom is -0.318 e. The third kappa shape index (κ3) is 2.05. The van der Waals surface area contributed by atoms with E-state index in [0.29, 0.717) is 11.6 Å². The number of aromatic nitrogens is 3. The van der Waals surface area contributed by atoms with Gasteiger partial charge in [-0.1, -0.05) is 36.4 Å². The van der Waals surface area contributed by atoms with Crippen molar-refractivity contribution in [1.82, 2.24) is 15.2 Å². The summed E-state index contributed by atoms with van der Waals surface area (Å²) in [6.45, 7) is 0. The molecule has 0 bridgehead atoms. The van der Waals surface area contributed by atoms with Crippen molar-refractivity contribution in [2.75, 3.05) is 0 Å². The van der Waals surface area contributed by atoms with E-state index in [4.69, 9.17) is 5.73 Å². The lowest BCUT2D eigenvalue weighted by Gasteiger charge is -2.07. The van der Waals surface area contributed by atoms with Crippen LogP contribution in [0.5, 0.6) is 0 Å². The summed E-state index contributed by atoms with van der Waals surface area (Å²) in [5.41, 5.74) is 7.17. The third-order valence-electron chi connectivity index (χ3n) is 2.70. The zero-order valence-electron chi connectivity index (χ0n) is 9.58. The summed E-state index contributed by atoms with van der Waals surface area (Å²) in [4.78, 5) is 5.49. The SMILES string of the molecule is N[C@H](c1ccccc1)c1nc(-c2cccs2)n[nH]1. The van der Waals surface area contributed by atoms with Crippen molar-refractivity contribution in [1.29, 1.82) is 0 Å². The van der Waals surface area contributed by atoms with Crippen molar-refractivity contribution in [2.45, 2.75) is 6.04 Å². The molecule has 0 radical (unpaired) electrons. The van der Waals surface area contributed by atoms with Crippen LogP contribution in [0.2, 0.25) is 0 Å². The standard InChI is InChI=1S/C13H12N4S/c14-11(9-5-2-1-3-6-9)13-15-12(16-17-13)10-7-4-8-18-10/h1-8,11H,14H2,(H,15,16,17)/t11-/m1/s1. The Morgan fingerprint density at radius 1 is 1.11 bits per heavy atom. The van der Waals surface area contributed by atoms with Gasteiger partial charge in [0.05, 0.1) is 10.9 Å². The van der Waals surface area contributed by atoms with Gasteiger partial charge in [0.25, 0.3) is 0 Å². The summed E-state index contributed by atoms with van der Waals surface area (Å²) >= 11 is 1.61. The highest BCUT2D eigenvalue weighted by Crippen LogP contribution is 2.23. The molecule has 2 aromatic heterocycles. The molecule has 1 aromatic carbocycles. The molecule has 3 rings (SSSR count). The zero-order valence-corrected chi connectivity index (χ0v) is 10.4. The highest BCUT2D eigenvalue weighted by Gasteiger charge is 2.14. The maximum atomic E-state index is 6.15. The average Bonchev–Trinajstić information content (AvgIpc) is 3.09. The van der Waals surface area contributed by atoms with E-state index in [0.717, 1.165) is 10.4 Å². The Morgan fingerprint density at radius 3 is 2.67 bits per heavy atom. The van der Waals surface area contributed by atoms with Crippen molar-refractivity contribution in [3.63, 3.8) is 0 Å². The van der Waals surface area contributed by atoms with Crippen molar-refractivity contribution in [3.8, 4) is 10.7 Å². The normalized spacial score (nSPS) is 12.5. The topological polar surface area (TPSA) is 67.6 Å². The van der Waals surface area contributed by atoms with Crippen LogP contribution in [-0.2, 0) is 0 Å². The maximum absolute atomic E-state index is 6.15. The number of H-pyrrole nitrogens is 1. The number of thiophene rings is 1. The molecular weight excluding hydrogens is 244 g/mol. The van der Waals surface area contributed by atoms with Crippen LogP contribution >= 0.6 is 11.3 Å². The summed E-state index contributed by atoms with van der Waals surface area (Å²) in [6.07, 6.45) is 0. The molecule has 0 aliphatic rings. The molecule has 3 aromatic rings. The third-order valence-corrected chi connectivity index (χ3v) is 3.56. The van der Waals surface area contributed by atoms with E-state index >= 15 is 0 Å². The fraction of sp³-hybridized carbons (Fsp3) is 0.0769. The molecule has 2 heterocycles. The summed E-state index contributed by atoms with van der Waals surface area (Å²) in [6, 6.07) is 13.6. The summed E-state index contributed by atoms with van der Waals surface area (Å²) in [5, 5.41) is 9.11. The quantitative estimate of drug-likeness (QED) is 0.756. The molecule has 0 spiro atoms. The Kier molecular flexibility index (Phi) is 2.92. The van der Waals surface area contributed by atoms with Crippen LogP contribution in [0, 0.1) is 0 Å². The van der Waals surface area contributed by atoms with Crippen molar-refractivity contribution < 1.29 is 0 Å². The Morgan fingerprint density at radius 2 is 1.94 bits per heavy atom. The van der Waals surface area contributed by atoms with E-state index < -0.39 is 0 Å². The smallest absolute Gasteiger partial charge is 0.191 e. The first-order chi connectivity index (χ1) is 8.84. The number of benzene rings is 1. The molecule has 0 saturated carbocycles. The lowest BCUT2D eigenvalue weighted by atomic mass is 10.1. The Bertz CT molecular complexity index is 616. The summed E-state index contributed by atoms with van der Waals surface area (Å²) < 4.78 is 0. The minimum absolute atomic E-state index is 0.271. The van der Waals surface area contributed by atoms with E-state index in [1.807, 2.05) is 47.8 Å². The number of nitrogens with one attached hydrogen (secondary N) is 1. The van der Waals surface area contributed by atoms with E-state index in [1.165, 1.54) is 0 Å². The van der Waals surface area contributed by atoms with Crippen LogP contribution in [0.3, 0.4) is 0 Å². The van der Waals surface area contributed by atoms with E-state index in [1.54, 1.807) is 11.3 Å². The molecule has 90 valence electrons. The number of aromatic amines is 1. The first kappa shape index (κ1) is 11.1. The van der Waals surface area contributed by atoms with E-state index in [-0.39, 0.29) is 6.04 Å². The van der Waals surface area contributed by atoms with Crippen molar-refractivity contribution in [2.24, 2.45) is 5.73 Å². The number of hydrogen-bond acceptors (Lipinski definition) is 4. The molecule has 5 heteroatoms. The summed E-state index contributed by atoms with van der Waals surface area (Å²) in [5.74, 6) is 1.39. The molecule has 0 saturated heterocycles. The number of hydrogen-bond donors (Lipinski definition) is 2. The molecule has 0 aliphatic heterocycles. The van der Waals surface area contributed by atoms with Crippen LogP contribution in [0.25, 0.3) is 10.7 Å². The predicted molar refractivity (Wildman–Crippen MR) is 72.2 cm³/mol. The van der Waals surface area contributed by atoms with Gasteiger partial charge in [0.15, 0.2) is 5.82 Å². The molecule has 0 amide bonds. The molecule has 3 N–H and O–H groups in total. The monoisotopic (exact) mass is 256 g/mol. The molecule has 18 heavy (non-hydrogen) atoms. The number of rotatable bonds is 3.